The Hall–Kier alpha value is -3.25. The monoisotopic (exact) mass is 463 g/mol. The molecular weight excluding hydrogens is 426 g/mol. The van der Waals surface area contributed by atoms with Gasteiger partial charge < -0.3 is 9.88 Å². The average molecular weight is 464 g/mol. The molecular formula is C32H37N3. The van der Waals surface area contributed by atoms with E-state index < -0.39 is 0 Å². The van der Waals surface area contributed by atoms with E-state index in [1.54, 1.807) is 0 Å². The summed E-state index contributed by atoms with van der Waals surface area (Å²) in [6, 6.07) is 8.22. The van der Waals surface area contributed by atoms with Gasteiger partial charge in [-0.3, -0.25) is 0 Å². The molecule has 1 aromatic heterocycles. The number of rotatable bonds is 3. The molecule has 2 aliphatic carbocycles. The highest BCUT2D eigenvalue weighted by Gasteiger charge is 2.39. The van der Waals surface area contributed by atoms with Crippen molar-refractivity contribution in [3.8, 4) is 6.07 Å². The smallest absolute Gasteiger partial charge is 0.0992 e. The first-order chi connectivity index (χ1) is 16.5. The van der Waals surface area contributed by atoms with Gasteiger partial charge in [-0.25, -0.2) is 0 Å². The van der Waals surface area contributed by atoms with Crippen LogP contribution in [0, 0.1) is 16.7 Å². The highest BCUT2D eigenvalue weighted by molar-refractivity contribution is 6.01. The van der Waals surface area contributed by atoms with Gasteiger partial charge in [0.1, 0.15) is 0 Å². The highest BCUT2D eigenvalue weighted by Crippen LogP contribution is 2.52. The molecule has 0 saturated heterocycles. The lowest BCUT2D eigenvalue weighted by Crippen LogP contribution is -2.31. The van der Waals surface area contributed by atoms with Crippen LogP contribution in [0.4, 0.5) is 0 Å². The number of hydrogen-bond acceptors (Lipinski definition) is 2. The van der Waals surface area contributed by atoms with Crippen molar-refractivity contribution in [1.82, 2.24) is 9.88 Å². The molecule has 0 atom stereocenters. The zero-order chi connectivity index (χ0) is 25.1. The molecule has 1 aliphatic heterocycles. The van der Waals surface area contributed by atoms with Gasteiger partial charge in [0.25, 0.3) is 0 Å². The Kier molecular flexibility index (Phi) is 5.48. The minimum absolute atomic E-state index is 0.147. The van der Waals surface area contributed by atoms with E-state index in [9.17, 15) is 5.26 Å². The number of aromatic amines is 1. The molecule has 0 spiro atoms. The first kappa shape index (κ1) is 23.5. The quantitative estimate of drug-likeness (QED) is 0.502. The number of benzene rings is 1. The average Bonchev–Trinajstić information content (AvgIpc) is 3.21. The predicted molar refractivity (Wildman–Crippen MR) is 147 cm³/mol. The Morgan fingerprint density at radius 2 is 1.94 bits per heavy atom. The van der Waals surface area contributed by atoms with E-state index in [1.165, 1.54) is 44.6 Å². The number of allylic oxidation sites excluding steroid dienone is 6. The zero-order valence-electron chi connectivity index (χ0n) is 21.9. The maximum absolute atomic E-state index is 9.36. The number of hydrogen-bond donors (Lipinski definition) is 1. The molecule has 0 radical (unpaired) electrons. The Morgan fingerprint density at radius 1 is 1.17 bits per heavy atom. The van der Waals surface area contributed by atoms with Gasteiger partial charge >= 0.3 is 0 Å². The van der Waals surface area contributed by atoms with E-state index in [4.69, 9.17) is 0 Å². The molecule has 180 valence electrons. The van der Waals surface area contributed by atoms with E-state index in [2.05, 4.69) is 81.9 Å². The molecule has 3 aliphatic rings. The highest BCUT2D eigenvalue weighted by atomic mass is 15.1. The molecule has 0 fully saturated rings. The molecule has 35 heavy (non-hydrogen) atoms. The maximum atomic E-state index is 9.36. The molecule has 5 rings (SSSR count). The van der Waals surface area contributed by atoms with Crippen LogP contribution >= 0.6 is 0 Å². The minimum Gasteiger partial charge on any atom is -0.371 e. The van der Waals surface area contributed by atoms with Crippen molar-refractivity contribution in [2.75, 3.05) is 13.1 Å². The summed E-state index contributed by atoms with van der Waals surface area (Å²) in [4.78, 5) is 6.12. The van der Waals surface area contributed by atoms with Crippen LogP contribution in [-0.2, 0) is 5.41 Å². The maximum Gasteiger partial charge on any atom is 0.0992 e. The SMILES string of the molecule is C=C1C2=C(C=C(C3=CCN(C(=C)CC(C)(C)C)CC3)CC2)C(C)(C)c2[nH]c3cc(C#N)ccc3c21. The van der Waals surface area contributed by atoms with Gasteiger partial charge in [-0.05, 0) is 71.1 Å². The van der Waals surface area contributed by atoms with Crippen LogP contribution in [0.5, 0.6) is 0 Å². The van der Waals surface area contributed by atoms with E-state index in [1.807, 2.05) is 12.1 Å². The van der Waals surface area contributed by atoms with Gasteiger partial charge in [0, 0.05) is 46.4 Å². The molecule has 2 heterocycles. The summed E-state index contributed by atoms with van der Waals surface area (Å²) in [6.45, 7) is 22.4. The molecule has 0 saturated carbocycles. The van der Waals surface area contributed by atoms with Gasteiger partial charge in [-0.2, -0.15) is 5.26 Å². The van der Waals surface area contributed by atoms with Crippen molar-refractivity contribution in [1.29, 1.82) is 5.26 Å². The first-order valence-electron chi connectivity index (χ1n) is 12.8. The van der Waals surface area contributed by atoms with Crippen molar-refractivity contribution in [3.05, 3.63) is 88.3 Å². The second kappa shape index (κ2) is 8.16. The van der Waals surface area contributed by atoms with Crippen molar-refractivity contribution >= 4 is 16.5 Å². The summed E-state index contributed by atoms with van der Waals surface area (Å²) >= 11 is 0. The van der Waals surface area contributed by atoms with Crippen LogP contribution < -0.4 is 0 Å². The largest absolute Gasteiger partial charge is 0.371 e. The lowest BCUT2D eigenvalue weighted by molar-refractivity contribution is 0.304. The van der Waals surface area contributed by atoms with Crippen LogP contribution in [0.25, 0.3) is 16.5 Å². The van der Waals surface area contributed by atoms with Crippen LogP contribution in [0.3, 0.4) is 0 Å². The van der Waals surface area contributed by atoms with Crippen molar-refractivity contribution in [2.24, 2.45) is 5.41 Å². The summed E-state index contributed by atoms with van der Waals surface area (Å²) in [6.07, 6.45) is 9.10. The number of nitrogens with one attached hydrogen (secondary N) is 1. The number of H-pyrrole nitrogens is 1. The second-order valence-corrected chi connectivity index (χ2v) is 12.1. The van der Waals surface area contributed by atoms with Gasteiger partial charge in [-0.15, -0.1) is 0 Å². The summed E-state index contributed by atoms with van der Waals surface area (Å²) in [7, 11) is 0. The predicted octanol–water partition coefficient (Wildman–Crippen LogP) is 7.94. The molecule has 2 aromatic rings. The van der Waals surface area contributed by atoms with E-state index >= 15 is 0 Å². The fraction of sp³-hybridized carbons (Fsp3) is 0.406. The van der Waals surface area contributed by atoms with Crippen molar-refractivity contribution in [3.63, 3.8) is 0 Å². The Morgan fingerprint density at radius 3 is 2.60 bits per heavy atom. The molecule has 0 unspecified atom stereocenters. The second-order valence-electron chi connectivity index (χ2n) is 12.1. The third-order valence-electron chi connectivity index (χ3n) is 7.98. The van der Waals surface area contributed by atoms with Crippen LogP contribution in [0.2, 0.25) is 0 Å². The zero-order valence-corrected chi connectivity index (χ0v) is 21.9. The summed E-state index contributed by atoms with van der Waals surface area (Å²) in [5.41, 5.74) is 12.4. The Labute approximate surface area is 210 Å². The Bertz CT molecular complexity index is 1390. The van der Waals surface area contributed by atoms with Crippen LogP contribution in [0.1, 0.15) is 77.1 Å². The molecule has 3 nitrogen and oxygen atoms in total. The third kappa shape index (κ3) is 4.00. The molecule has 1 aromatic carbocycles. The lowest BCUT2D eigenvalue weighted by Gasteiger charge is -2.39. The van der Waals surface area contributed by atoms with E-state index in [0.29, 0.717) is 5.56 Å². The number of fused-ring (bicyclic) bond motifs is 3. The van der Waals surface area contributed by atoms with Gasteiger partial charge in [0.05, 0.1) is 11.6 Å². The van der Waals surface area contributed by atoms with Crippen LogP contribution in [0.15, 0.2) is 71.5 Å². The topological polar surface area (TPSA) is 42.8 Å². The lowest BCUT2D eigenvalue weighted by atomic mass is 9.66. The van der Waals surface area contributed by atoms with Gasteiger partial charge in [0.2, 0.25) is 0 Å². The Balaban J connectivity index is 1.46. The van der Waals surface area contributed by atoms with Crippen molar-refractivity contribution in [2.45, 2.75) is 65.7 Å². The van der Waals surface area contributed by atoms with E-state index in [-0.39, 0.29) is 10.8 Å². The summed E-state index contributed by atoms with van der Waals surface area (Å²) in [5, 5.41) is 10.5. The normalized spacial score (nSPS) is 19.7. The molecule has 0 bridgehead atoms. The fourth-order valence-corrected chi connectivity index (χ4v) is 6.16. The molecule has 0 amide bonds. The minimum atomic E-state index is -0.147. The number of nitriles is 1. The van der Waals surface area contributed by atoms with E-state index in [0.717, 1.165) is 49.9 Å². The third-order valence-corrected chi connectivity index (χ3v) is 7.98. The number of aromatic nitrogens is 1. The van der Waals surface area contributed by atoms with Crippen molar-refractivity contribution < 1.29 is 0 Å². The van der Waals surface area contributed by atoms with Gasteiger partial charge in [0.15, 0.2) is 0 Å². The summed E-state index contributed by atoms with van der Waals surface area (Å²) < 4.78 is 0. The molecule has 1 N–H and O–H groups in total. The standard InChI is InChI=1S/C32H37N3/c1-20(18-31(3,4)5)35-14-12-23(13-15-35)24-9-11-25-21(2)29-26-10-8-22(19-33)16-28(26)34-30(29)32(6,7)27(25)17-24/h8,10,12,16-17,34H,1-2,9,11,13-15,18H2,3-7H3. The first-order valence-corrected chi connectivity index (χ1v) is 12.8. The fourth-order valence-electron chi connectivity index (χ4n) is 6.16. The summed E-state index contributed by atoms with van der Waals surface area (Å²) in [5.74, 6) is 0. The molecule has 3 heteroatoms. The van der Waals surface area contributed by atoms with Crippen LogP contribution in [-0.4, -0.2) is 23.0 Å². The number of nitrogens with zero attached hydrogens (tertiary/aromatic N) is 2. The van der Waals surface area contributed by atoms with Gasteiger partial charge in [-0.1, -0.05) is 66.0 Å².